The van der Waals surface area contributed by atoms with E-state index >= 15 is 0 Å². The second kappa shape index (κ2) is 3.04. The molecule has 14 heavy (non-hydrogen) atoms. The standard InChI is InChI=1S/C10H8N2O2/c11-5-6-1-2-8-9(10(6)12)7(13)3-4-14-8/h1-2H,3-4,12H2. The van der Waals surface area contributed by atoms with Crippen LogP contribution < -0.4 is 10.5 Å². The molecule has 1 aliphatic rings. The van der Waals surface area contributed by atoms with Gasteiger partial charge in [-0.15, -0.1) is 0 Å². The van der Waals surface area contributed by atoms with Crippen LogP contribution in [0.1, 0.15) is 22.3 Å². The zero-order valence-corrected chi connectivity index (χ0v) is 7.41. The summed E-state index contributed by atoms with van der Waals surface area (Å²) in [4.78, 5) is 11.5. The van der Waals surface area contributed by atoms with Crippen LogP contribution in [0, 0.1) is 11.3 Å². The highest BCUT2D eigenvalue weighted by Crippen LogP contribution is 2.31. The fraction of sp³-hybridized carbons (Fsp3) is 0.200. The van der Waals surface area contributed by atoms with Crippen molar-refractivity contribution in [3.63, 3.8) is 0 Å². The Morgan fingerprint density at radius 1 is 1.50 bits per heavy atom. The lowest BCUT2D eigenvalue weighted by Crippen LogP contribution is -2.17. The maximum atomic E-state index is 11.5. The molecule has 0 unspecified atom stereocenters. The van der Waals surface area contributed by atoms with E-state index in [2.05, 4.69) is 0 Å². The molecule has 1 aromatic rings. The smallest absolute Gasteiger partial charge is 0.172 e. The molecule has 1 aromatic carbocycles. The monoisotopic (exact) mass is 188 g/mol. The van der Waals surface area contributed by atoms with Crippen molar-refractivity contribution in [1.29, 1.82) is 5.26 Å². The van der Waals surface area contributed by atoms with Gasteiger partial charge in [0.2, 0.25) is 0 Å². The molecular weight excluding hydrogens is 180 g/mol. The van der Waals surface area contributed by atoms with Crippen molar-refractivity contribution < 1.29 is 9.53 Å². The number of benzene rings is 1. The quantitative estimate of drug-likeness (QED) is 0.618. The van der Waals surface area contributed by atoms with Crippen LogP contribution in [-0.2, 0) is 0 Å². The molecule has 4 nitrogen and oxygen atoms in total. The Labute approximate surface area is 80.9 Å². The molecule has 1 aliphatic heterocycles. The van der Waals surface area contributed by atoms with E-state index in [-0.39, 0.29) is 11.5 Å². The highest BCUT2D eigenvalue weighted by Gasteiger charge is 2.22. The number of nitrogens with zero attached hydrogens (tertiary/aromatic N) is 1. The van der Waals surface area contributed by atoms with Crippen LogP contribution in [0.2, 0.25) is 0 Å². The summed E-state index contributed by atoms with van der Waals surface area (Å²) in [6, 6.07) is 5.11. The topological polar surface area (TPSA) is 76.1 Å². The molecule has 2 rings (SSSR count). The van der Waals surface area contributed by atoms with Gasteiger partial charge < -0.3 is 10.5 Å². The summed E-state index contributed by atoms with van der Waals surface area (Å²) < 4.78 is 5.26. The van der Waals surface area contributed by atoms with Crippen molar-refractivity contribution in [3.8, 4) is 11.8 Å². The number of carbonyl (C=O) groups excluding carboxylic acids is 1. The zero-order valence-electron chi connectivity index (χ0n) is 7.41. The molecule has 0 fully saturated rings. The van der Waals surface area contributed by atoms with E-state index in [0.29, 0.717) is 29.9 Å². The lowest BCUT2D eigenvalue weighted by atomic mass is 10.00. The van der Waals surface area contributed by atoms with Crippen LogP contribution >= 0.6 is 0 Å². The molecule has 0 aliphatic carbocycles. The third kappa shape index (κ3) is 1.11. The van der Waals surface area contributed by atoms with Gasteiger partial charge in [0.15, 0.2) is 5.78 Å². The summed E-state index contributed by atoms with van der Waals surface area (Å²) in [5.74, 6) is 0.429. The van der Waals surface area contributed by atoms with Gasteiger partial charge >= 0.3 is 0 Å². The normalized spacial score (nSPS) is 14.1. The number of ether oxygens (including phenoxy) is 1. The van der Waals surface area contributed by atoms with E-state index in [1.807, 2.05) is 6.07 Å². The number of nitriles is 1. The molecule has 70 valence electrons. The van der Waals surface area contributed by atoms with Gasteiger partial charge in [-0.2, -0.15) is 5.26 Å². The summed E-state index contributed by atoms with van der Waals surface area (Å²) in [5, 5.41) is 8.72. The van der Waals surface area contributed by atoms with Crippen molar-refractivity contribution in [2.24, 2.45) is 0 Å². The summed E-state index contributed by atoms with van der Waals surface area (Å²) in [6.07, 6.45) is 0.325. The molecule has 2 N–H and O–H groups in total. The second-order valence-corrected chi connectivity index (χ2v) is 3.03. The maximum absolute atomic E-state index is 11.5. The van der Waals surface area contributed by atoms with Gasteiger partial charge in [0.1, 0.15) is 11.8 Å². The van der Waals surface area contributed by atoms with E-state index in [4.69, 9.17) is 15.7 Å². The average molecular weight is 188 g/mol. The van der Waals surface area contributed by atoms with E-state index in [1.165, 1.54) is 0 Å². The molecule has 0 atom stereocenters. The molecule has 0 aromatic heterocycles. The fourth-order valence-corrected chi connectivity index (χ4v) is 1.48. The van der Waals surface area contributed by atoms with Gasteiger partial charge in [0.25, 0.3) is 0 Å². The van der Waals surface area contributed by atoms with Gasteiger partial charge in [-0.05, 0) is 12.1 Å². The number of hydrogen-bond acceptors (Lipinski definition) is 4. The molecule has 1 heterocycles. The van der Waals surface area contributed by atoms with Crippen LogP contribution in [0.15, 0.2) is 12.1 Å². The predicted molar refractivity (Wildman–Crippen MR) is 50.0 cm³/mol. The van der Waals surface area contributed by atoms with E-state index in [1.54, 1.807) is 12.1 Å². The van der Waals surface area contributed by atoms with Crippen molar-refractivity contribution in [1.82, 2.24) is 0 Å². The Morgan fingerprint density at radius 3 is 3.00 bits per heavy atom. The van der Waals surface area contributed by atoms with Crippen LogP contribution in [-0.4, -0.2) is 12.4 Å². The van der Waals surface area contributed by atoms with E-state index in [0.717, 1.165) is 0 Å². The van der Waals surface area contributed by atoms with Gasteiger partial charge in [-0.1, -0.05) is 0 Å². The number of ketones is 1. The van der Waals surface area contributed by atoms with Gasteiger partial charge in [-0.3, -0.25) is 4.79 Å². The molecule has 0 radical (unpaired) electrons. The van der Waals surface area contributed by atoms with Gasteiger partial charge in [-0.25, -0.2) is 0 Å². The Hall–Kier alpha value is -2.02. The van der Waals surface area contributed by atoms with Crippen molar-refractivity contribution >= 4 is 11.5 Å². The number of anilines is 1. The van der Waals surface area contributed by atoms with Gasteiger partial charge in [0, 0.05) is 6.42 Å². The first kappa shape index (κ1) is 8.57. The number of fused-ring (bicyclic) bond motifs is 1. The Kier molecular flexibility index (Phi) is 1.86. The lowest BCUT2D eigenvalue weighted by Gasteiger charge is -2.17. The number of nitrogens with two attached hydrogens (primary N) is 1. The molecule has 0 spiro atoms. The molecule has 0 amide bonds. The molecule has 4 heteroatoms. The number of nitrogen functional groups attached to an aromatic ring is 1. The number of carbonyl (C=O) groups is 1. The molecule has 0 bridgehead atoms. The van der Waals surface area contributed by atoms with E-state index in [9.17, 15) is 4.79 Å². The highest BCUT2D eigenvalue weighted by molar-refractivity contribution is 6.05. The molecule has 0 saturated carbocycles. The first-order chi connectivity index (χ1) is 6.74. The average Bonchev–Trinajstić information content (AvgIpc) is 2.18. The van der Waals surface area contributed by atoms with Crippen LogP contribution in [0.4, 0.5) is 5.69 Å². The Morgan fingerprint density at radius 2 is 2.29 bits per heavy atom. The maximum Gasteiger partial charge on any atom is 0.172 e. The third-order valence-electron chi connectivity index (χ3n) is 2.19. The first-order valence-electron chi connectivity index (χ1n) is 4.22. The van der Waals surface area contributed by atoms with Crippen LogP contribution in [0.5, 0.6) is 5.75 Å². The third-order valence-corrected chi connectivity index (χ3v) is 2.19. The highest BCUT2D eigenvalue weighted by atomic mass is 16.5. The number of rotatable bonds is 0. The van der Waals surface area contributed by atoms with Crippen molar-refractivity contribution in [2.45, 2.75) is 6.42 Å². The molecular formula is C10H8N2O2. The SMILES string of the molecule is N#Cc1ccc2c(c1N)C(=O)CCO2. The lowest BCUT2D eigenvalue weighted by molar-refractivity contribution is 0.0934. The summed E-state index contributed by atoms with van der Waals surface area (Å²) in [6.45, 7) is 0.386. The number of hydrogen-bond donors (Lipinski definition) is 1. The predicted octanol–water partition coefficient (Wildman–Crippen LogP) is 1.11. The minimum atomic E-state index is -0.0548. The minimum Gasteiger partial charge on any atom is -0.492 e. The number of Topliss-reactive ketones (excluding diaryl/α,β-unsaturated/α-hetero) is 1. The molecule has 0 saturated heterocycles. The summed E-state index contributed by atoms with van der Waals surface area (Å²) in [7, 11) is 0. The van der Waals surface area contributed by atoms with E-state index < -0.39 is 0 Å². The van der Waals surface area contributed by atoms with Crippen molar-refractivity contribution in [2.75, 3.05) is 12.3 Å². The Bertz CT molecular complexity index is 446. The fourth-order valence-electron chi connectivity index (χ4n) is 1.48. The van der Waals surface area contributed by atoms with Gasteiger partial charge in [0.05, 0.1) is 23.4 Å². The largest absolute Gasteiger partial charge is 0.492 e. The zero-order chi connectivity index (χ0) is 10.1. The Balaban J connectivity index is 2.67. The van der Waals surface area contributed by atoms with Crippen LogP contribution in [0.3, 0.4) is 0 Å². The van der Waals surface area contributed by atoms with Crippen molar-refractivity contribution in [3.05, 3.63) is 23.3 Å². The second-order valence-electron chi connectivity index (χ2n) is 3.03. The van der Waals surface area contributed by atoms with Crippen LogP contribution in [0.25, 0.3) is 0 Å². The summed E-state index contributed by atoms with van der Waals surface area (Å²) in [5.41, 5.74) is 6.59. The summed E-state index contributed by atoms with van der Waals surface area (Å²) >= 11 is 0. The minimum absolute atomic E-state index is 0.0548. The first-order valence-corrected chi connectivity index (χ1v) is 4.22.